The Hall–Kier alpha value is -1.26. The van der Waals surface area contributed by atoms with Crippen LogP contribution in [0.25, 0.3) is 0 Å². The van der Waals surface area contributed by atoms with Gasteiger partial charge in [-0.3, -0.25) is 9.59 Å². The molecule has 1 aliphatic heterocycles. The summed E-state index contributed by atoms with van der Waals surface area (Å²) in [7, 11) is 0. The van der Waals surface area contributed by atoms with Crippen molar-refractivity contribution in [2.75, 3.05) is 6.54 Å². The number of carbonyl (C=O) groups excluding carboxylic acids is 2. The van der Waals surface area contributed by atoms with E-state index in [0.29, 0.717) is 35.0 Å². The minimum absolute atomic E-state index is 0.0309. The Labute approximate surface area is 128 Å². The molecule has 108 valence electrons. The molecule has 6 heteroatoms. The van der Waals surface area contributed by atoms with Crippen LogP contribution in [0.5, 0.6) is 0 Å². The van der Waals surface area contributed by atoms with Gasteiger partial charge in [-0.2, -0.15) is 0 Å². The van der Waals surface area contributed by atoms with E-state index in [1.54, 1.807) is 23.1 Å². The van der Waals surface area contributed by atoms with Gasteiger partial charge in [0, 0.05) is 35.1 Å². The summed E-state index contributed by atoms with van der Waals surface area (Å²) >= 11 is 12.1. The fraction of sp³-hybridized carbons (Fsp3) is 0.429. The number of halogens is 2. The lowest BCUT2D eigenvalue weighted by Gasteiger charge is -2.22. The Balaban J connectivity index is 2.01. The standard InChI is InChI=1S/C14H16Cl2N2O2/c1-2-18-12(6-7-13(18)19)14(20)17-8-9-10(15)4-3-5-11(9)16/h3-5,12H,2,6-8H2,1H3,(H,17,20)/t12-/m0/s1. The third-order valence-electron chi connectivity index (χ3n) is 3.47. The second-order valence-corrected chi connectivity index (χ2v) is 5.47. The van der Waals surface area contributed by atoms with Crippen LogP contribution in [0.15, 0.2) is 18.2 Å². The van der Waals surface area contributed by atoms with Gasteiger partial charge in [0.1, 0.15) is 6.04 Å². The number of likely N-dealkylation sites (tertiary alicyclic amines) is 1. The highest BCUT2D eigenvalue weighted by atomic mass is 35.5. The summed E-state index contributed by atoms with van der Waals surface area (Å²) in [6.07, 6.45) is 0.994. The van der Waals surface area contributed by atoms with Crippen LogP contribution in [0.2, 0.25) is 10.0 Å². The summed E-state index contributed by atoms with van der Waals surface area (Å²) in [6, 6.07) is 4.83. The lowest BCUT2D eigenvalue weighted by atomic mass is 10.2. The van der Waals surface area contributed by atoms with Gasteiger partial charge in [-0.1, -0.05) is 29.3 Å². The molecule has 0 radical (unpaired) electrons. The second kappa shape index (κ2) is 6.46. The van der Waals surface area contributed by atoms with E-state index in [4.69, 9.17) is 23.2 Å². The van der Waals surface area contributed by atoms with E-state index in [1.807, 2.05) is 6.92 Å². The van der Waals surface area contributed by atoms with Crippen LogP contribution in [-0.2, 0) is 16.1 Å². The van der Waals surface area contributed by atoms with Crippen molar-refractivity contribution in [3.63, 3.8) is 0 Å². The Bertz CT molecular complexity index is 514. The lowest BCUT2D eigenvalue weighted by molar-refractivity contribution is -0.135. The zero-order valence-electron chi connectivity index (χ0n) is 11.2. The van der Waals surface area contributed by atoms with Gasteiger partial charge in [0.2, 0.25) is 11.8 Å². The first-order valence-corrected chi connectivity index (χ1v) is 7.30. The van der Waals surface area contributed by atoms with Crippen LogP contribution in [-0.4, -0.2) is 29.3 Å². The summed E-state index contributed by atoms with van der Waals surface area (Å²) in [5.41, 5.74) is 0.691. The van der Waals surface area contributed by atoms with Crippen molar-refractivity contribution in [1.29, 1.82) is 0 Å². The molecule has 0 aliphatic carbocycles. The summed E-state index contributed by atoms with van der Waals surface area (Å²) in [5.74, 6) is -0.128. The number of rotatable bonds is 4. The molecule has 4 nitrogen and oxygen atoms in total. The highest BCUT2D eigenvalue weighted by molar-refractivity contribution is 6.36. The van der Waals surface area contributed by atoms with E-state index in [1.165, 1.54) is 0 Å². The van der Waals surface area contributed by atoms with Crippen LogP contribution in [0, 0.1) is 0 Å². The maximum atomic E-state index is 12.2. The summed E-state index contributed by atoms with van der Waals surface area (Å²) in [4.78, 5) is 25.4. The monoisotopic (exact) mass is 314 g/mol. The fourth-order valence-corrected chi connectivity index (χ4v) is 2.93. The quantitative estimate of drug-likeness (QED) is 0.928. The molecule has 1 aromatic carbocycles. The van der Waals surface area contributed by atoms with Crippen LogP contribution in [0.4, 0.5) is 0 Å². The largest absolute Gasteiger partial charge is 0.350 e. The van der Waals surface area contributed by atoms with Gasteiger partial charge >= 0.3 is 0 Å². The molecule has 1 aliphatic rings. The first-order chi connectivity index (χ1) is 9.54. The number of benzene rings is 1. The molecule has 1 fully saturated rings. The van der Waals surface area contributed by atoms with Gasteiger partial charge in [-0.05, 0) is 25.5 Å². The summed E-state index contributed by atoms with van der Waals surface area (Å²) in [6.45, 7) is 2.68. The Morgan fingerprint density at radius 1 is 1.40 bits per heavy atom. The van der Waals surface area contributed by atoms with Crippen molar-refractivity contribution in [2.24, 2.45) is 0 Å². The van der Waals surface area contributed by atoms with Crippen LogP contribution in [0.1, 0.15) is 25.3 Å². The van der Waals surface area contributed by atoms with Crippen molar-refractivity contribution in [3.8, 4) is 0 Å². The lowest BCUT2D eigenvalue weighted by Crippen LogP contribution is -2.44. The number of hydrogen-bond donors (Lipinski definition) is 1. The predicted molar refractivity (Wildman–Crippen MR) is 78.7 cm³/mol. The number of hydrogen-bond acceptors (Lipinski definition) is 2. The normalized spacial score (nSPS) is 18.4. The average molecular weight is 315 g/mol. The first kappa shape index (κ1) is 15.1. The van der Waals surface area contributed by atoms with Gasteiger partial charge in [-0.15, -0.1) is 0 Å². The van der Waals surface area contributed by atoms with Gasteiger partial charge in [0.25, 0.3) is 0 Å². The van der Waals surface area contributed by atoms with Crippen molar-refractivity contribution in [1.82, 2.24) is 10.2 Å². The van der Waals surface area contributed by atoms with Crippen LogP contribution >= 0.6 is 23.2 Å². The molecule has 0 spiro atoms. The average Bonchev–Trinajstić information content (AvgIpc) is 2.79. The molecule has 1 N–H and O–H groups in total. The van der Waals surface area contributed by atoms with E-state index in [-0.39, 0.29) is 24.4 Å². The van der Waals surface area contributed by atoms with Gasteiger partial charge < -0.3 is 10.2 Å². The molecule has 0 unspecified atom stereocenters. The zero-order valence-corrected chi connectivity index (χ0v) is 12.7. The Morgan fingerprint density at radius 2 is 2.05 bits per heavy atom. The number of amides is 2. The number of nitrogens with one attached hydrogen (secondary N) is 1. The van der Waals surface area contributed by atoms with Gasteiger partial charge in [0.05, 0.1) is 0 Å². The molecule has 1 heterocycles. The Kier molecular flexibility index (Phi) is 4.89. The highest BCUT2D eigenvalue weighted by Crippen LogP contribution is 2.24. The predicted octanol–water partition coefficient (Wildman–Crippen LogP) is 2.62. The van der Waals surface area contributed by atoms with E-state index in [9.17, 15) is 9.59 Å². The maximum absolute atomic E-state index is 12.2. The third-order valence-corrected chi connectivity index (χ3v) is 4.18. The van der Waals surface area contributed by atoms with Gasteiger partial charge in [0.15, 0.2) is 0 Å². The molecule has 2 rings (SSSR count). The van der Waals surface area contributed by atoms with Crippen molar-refractivity contribution < 1.29 is 9.59 Å². The van der Waals surface area contributed by atoms with E-state index < -0.39 is 0 Å². The molecular formula is C14H16Cl2N2O2. The van der Waals surface area contributed by atoms with Crippen LogP contribution < -0.4 is 5.32 Å². The second-order valence-electron chi connectivity index (χ2n) is 4.65. The summed E-state index contributed by atoms with van der Waals surface area (Å²) < 4.78 is 0. The summed E-state index contributed by atoms with van der Waals surface area (Å²) in [5, 5.41) is 3.85. The molecule has 1 aromatic rings. The van der Waals surface area contributed by atoms with E-state index in [0.717, 1.165) is 0 Å². The van der Waals surface area contributed by atoms with Crippen LogP contribution in [0.3, 0.4) is 0 Å². The molecule has 1 atom stereocenters. The first-order valence-electron chi connectivity index (χ1n) is 6.54. The minimum Gasteiger partial charge on any atom is -0.350 e. The van der Waals surface area contributed by atoms with Crippen molar-refractivity contribution in [2.45, 2.75) is 32.4 Å². The molecule has 0 saturated carbocycles. The maximum Gasteiger partial charge on any atom is 0.243 e. The number of carbonyl (C=O) groups is 2. The Morgan fingerprint density at radius 3 is 2.65 bits per heavy atom. The molecule has 20 heavy (non-hydrogen) atoms. The SMILES string of the molecule is CCN1C(=O)CC[C@H]1C(=O)NCc1c(Cl)cccc1Cl. The molecule has 0 aromatic heterocycles. The zero-order chi connectivity index (χ0) is 14.7. The fourth-order valence-electron chi connectivity index (χ4n) is 2.40. The van der Waals surface area contributed by atoms with Crippen molar-refractivity contribution >= 4 is 35.0 Å². The highest BCUT2D eigenvalue weighted by Gasteiger charge is 2.34. The van der Waals surface area contributed by atoms with Gasteiger partial charge in [-0.25, -0.2) is 0 Å². The smallest absolute Gasteiger partial charge is 0.243 e. The number of nitrogens with zero attached hydrogens (tertiary/aromatic N) is 1. The van der Waals surface area contributed by atoms with E-state index >= 15 is 0 Å². The topological polar surface area (TPSA) is 49.4 Å². The molecule has 2 amide bonds. The molecular weight excluding hydrogens is 299 g/mol. The molecule has 0 bridgehead atoms. The van der Waals surface area contributed by atoms with Crippen molar-refractivity contribution in [3.05, 3.63) is 33.8 Å². The molecule has 1 saturated heterocycles. The minimum atomic E-state index is -0.381. The third kappa shape index (κ3) is 3.07. The van der Waals surface area contributed by atoms with E-state index in [2.05, 4.69) is 5.32 Å². The number of likely N-dealkylation sites (N-methyl/N-ethyl adjacent to an activating group) is 1.